The predicted molar refractivity (Wildman–Crippen MR) is 63.1 cm³/mol. The molecule has 1 aliphatic heterocycles. The molecule has 1 aromatic carbocycles. The van der Waals surface area contributed by atoms with E-state index in [0.717, 1.165) is 18.8 Å². The number of aryl methyl sites for hydroxylation is 1. The van der Waals surface area contributed by atoms with Crippen molar-refractivity contribution in [2.45, 2.75) is 41.0 Å². The first-order chi connectivity index (χ1) is 6.88. The Labute approximate surface area is 88.1 Å². The van der Waals surface area contributed by atoms with E-state index in [1.165, 1.54) is 11.1 Å². The van der Waals surface area contributed by atoms with Crippen LogP contribution in [0.2, 0.25) is 0 Å². The standard InChI is InChI=1S/C9H10O.2C2H6/c1-7-3-2-4-8-5-6-10-9(7)8;2*1-2/h2-4H,5-6H2,1H3;2*1-2H3. The van der Waals surface area contributed by atoms with E-state index >= 15 is 0 Å². The molecule has 1 heteroatoms. The van der Waals surface area contributed by atoms with Crippen molar-refractivity contribution in [3.63, 3.8) is 0 Å². The van der Waals surface area contributed by atoms with E-state index in [4.69, 9.17) is 4.74 Å². The summed E-state index contributed by atoms with van der Waals surface area (Å²) in [5.41, 5.74) is 2.62. The minimum Gasteiger partial charge on any atom is -0.493 e. The summed E-state index contributed by atoms with van der Waals surface area (Å²) in [6, 6.07) is 6.31. The van der Waals surface area contributed by atoms with Crippen LogP contribution in [0, 0.1) is 6.92 Å². The third kappa shape index (κ3) is 3.06. The lowest BCUT2D eigenvalue weighted by molar-refractivity contribution is 0.354. The fourth-order valence-electron chi connectivity index (χ4n) is 1.38. The highest BCUT2D eigenvalue weighted by Crippen LogP contribution is 2.28. The summed E-state index contributed by atoms with van der Waals surface area (Å²) in [7, 11) is 0. The molecule has 80 valence electrons. The Hall–Kier alpha value is -0.980. The zero-order valence-electron chi connectivity index (χ0n) is 10.1. The van der Waals surface area contributed by atoms with Crippen LogP contribution in [0.1, 0.15) is 38.8 Å². The number of fused-ring (bicyclic) bond motifs is 1. The highest BCUT2D eigenvalue weighted by Gasteiger charge is 2.12. The highest BCUT2D eigenvalue weighted by atomic mass is 16.5. The fraction of sp³-hybridized carbons (Fsp3) is 0.538. The minimum atomic E-state index is 0.861. The number of hydrogen-bond acceptors (Lipinski definition) is 1. The number of rotatable bonds is 0. The molecule has 1 aliphatic rings. The normalized spacial score (nSPS) is 11.2. The van der Waals surface area contributed by atoms with Crippen molar-refractivity contribution in [3.8, 4) is 5.75 Å². The molecular weight excluding hydrogens is 172 g/mol. The van der Waals surface area contributed by atoms with Crippen LogP contribution in [0.4, 0.5) is 0 Å². The van der Waals surface area contributed by atoms with Gasteiger partial charge in [-0.1, -0.05) is 45.9 Å². The van der Waals surface area contributed by atoms with E-state index in [9.17, 15) is 0 Å². The molecule has 0 N–H and O–H groups in total. The zero-order chi connectivity index (χ0) is 11.0. The van der Waals surface area contributed by atoms with Crippen LogP contribution in [0.5, 0.6) is 5.75 Å². The molecule has 0 saturated carbocycles. The SMILES string of the molecule is CC.CC.Cc1cccc2c1OCC2. The van der Waals surface area contributed by atoms with Crippen molar-refractivity contribution in [2.24, 2.45) is 0 Å². The summed E-state index contributed by atoms with van der Waals surface area (Å²) in [5.74, 6) is 1.11. The molecule has 1 aromatic rings. The Balaban J connectivity index is 0.000000379. The zero-order valence-corrected chi connectivity index (χ0v) is 10.1. The van der Waals surface area contributed by atoms with E-state index in [0.29, 0.717) is 0 Å². The molecule has 0 bridgehead atoms. The smallest absolute Gasteiger partial charge is 0.125 e. The molecule has 14 heavy (non-hydrogen) atoms. The van der Waals surface area contributed by atoms with Crippen LogP contribution in [-0.2, 0) is 6.42 Å². The van der Waals surface area contributed by atoms with Gasteiger partial charge < -0.3 is 4.74 Å². The van der Waals surface area contributed by atoms with Crippen molar-refractivity contribution in [1.29, 1.82) is 0 Å². The maximum atomic E-state index is 5.43. The maximum Gasteiger partial charge on any atom is 0.125 e. The van der Waals surface area contributed by atoms with Crippen LogP contribution in [0.15, 0.2) is 18.2 Å². The Morgan fingerprint density at radius 1 is 1.07 bits per heavy atom. The van der Waals surface area contributed by atoms with Gasteiger partial charge in [-0.15, -0.1) is 0 Å². The van der Waals surface area contributed by atoms with Gasteiger partial charge in [0.2, 0.25) is 0 Å². The topological polar surface area (TPSA) is 9.23 Å². The first-order valence-electron chi connectivity index (χ1n) is 5.59. The predicted octanol–water partition coefficient (Wildman–Crippen LogP) is 3.98. The van der Waals surface area contributed by atoms with Crippen molar-refractivity contribution in [1.82, 2.24) is 0 Å². The van der Waals surface area contributed by atoms with Gasteiger partial charge in [-0.2, -0.15) is 0 Å². The van der Waals surface area contributed by atoms with Gasteiger partial charge in [0.05, 0.1) is 6.61 Å². The molecule has 0 fully saturated rings. The molecule has 0 amide bonds. The number of benzene rings is 1. The van der Waals surface area contributed by atoms with E-state index in [2.05, 4.69) is 25.1 Å². The van der Waals surface area contributed by atoms with Gasteiger partial charge in [-0.05, 0) is 18.1 Å². The molecule has 0 aliphatic carbocycles. The van der Waals surface area contributed by atoms with Crippen molar-refractivity contribution in [2.75, 3.05) is 6.61 Å². The van der Waals surface area contributed by atoms with E-state index in [-0.39, 0.29) is 0 Å². The molecule has 0 aromatic heterocycles. The molecule has 0 radical (unpaired) electrons. The lowest BCUT2D eigenvalue weighted by atomic mass is 10.1. The Kier molecular flexibility index (Phi) is 6.91. The van der Waals surface area contributed by atoms with Crippen molar-refractivity contribution < 1.29 is 4.74 Å². The number of hydrogen-bond donors (Lipinski definition) is 0. The number of para-hydroxylation sites is 1. The molecule has 0 saturated heterocycles. The van der Waals surface area contributed by atoms with Crippen LogP contribution < -0.4 is 4.74 Å². The second-order valence-corrected chi connectivity index (χ2v) is 2.66. The van der Waals surface area contributed by atoms with Crippen LogP contribution >= 0.6 is 0 Å². The third-order valence-electron chi connectivity index (χ3n) is 1.91. The molecule has 2 rings (SSSR count). The van der Waals surface area contributed by atoms with Crippen molar-refractivity contribution >= 4 is 0 Å². The lowest BCUT2D eigenvalue weighted by Gasteiger charge is -2.00. The van der Waals surface area contributed by atoms with E-state index in [1.54, 1.807) is 0 Å². The summed E-state index contributed by atoms with van der Waals surface area (Å²) >= 11 is 0. The summed E-state index contributed by atoms with van der Waals surface area (Å²) in [6.45, 7) is 10.9. The summed E-state index contributed by atoms with van der Waals surface area (Å²) in [5, 5.41) is 0. The summed E-state index contributed by atoms with van der Waals surface area (Å²) < 4.78 is 5.43. The first kappa shape index (κ1) is 13.0. The quantitative estimate of drug-likeness (QED) is 0.607. The van der Waals surface area contributed by atoms with Gasteiger partial charge in [-0.25, -0.2) is 0 Å². The highest BCUT2D eigenvalue weighted by molar-refractivity contribution is 5.42. The Morgan fingerprint density at radius 3 is 2.29 bits per heavy atom. The molecule has 0 atom stereocenters. The van der Waals surface area contributed by atoms with Crippen LogP contribution in [-0.4, -0.2) is 6.61 Å². The Bertz CT molecular complexity index is 253. The Morgan fingerprint density at radius 2 is 1.71 bits per heavy atom. The maximum absolute atomic E-state index is 5.43. The second kappa shape index (κ2) is 7.43. The van der Waals surface area contributed by atoms with Crippen LogP contribution in [0.3, 0.4) is 0 Å². The number of ether oxygens (including phenoxy) is 1. The van der Waals surface area contributed by atoms with Crippen LogP contribution in [0.25, 0.3) is 0 Å². The fourth-order valence-corrected chi connectivity index (χ4v) is 1.38. The van der Waals surface area contributed by atoms with Gasteiger partial charge in [0, 0.05) is 6.42 Å². The average Bonchev–Trinajstić information content (AvgIpc) is 2.73. The summed E-state index contributed by atoms with van der Waals surface area (Å²) in [6.07, 6.45) is 1.08. The minimum absolute atomic E-state index is 0.861. The largest absolute Gasteiger partial charge is 0.493 e. The first-order valence-corrected chi connectivity index (χ1v) is 5.59. The molecule has 1 heterocycles. The lowest BCUT2D eigenvalue weighted by Crippen LogP contribution is -1.87. The van der Waals surface area contributed by atoms with E-state index in [1.807, 2.05) is 27.7 Å². The monoisotopic (exact) mass is 194 g/mol. The van der Waals surface area contributed by atoms with Crippen molar-refractivity contribution in [3.05, 3.63) is 29.3 Å². The third-order valence-corrected chi connectivity index (χ3v) is 1.91. The molecule has 0 unspecified atom stereocenters. The molecule has 1 nitrogen and oxygen atoms in total. The van der Waals surface area contributed by atoms with Gasteiger partial charge in [0.1, 0.15) is 5.75 Å². The van der Waals surface area contributed by atoms with E-state index < -0.39 is 0 Å². The van der Waals surface area contributed by atoms with Gasteiger partial charge in [-0.3, -0.25) is 0 Å². The van der Waals surface area contributed by atoms with Gasteiger partial charge in [0.25, 0.3) is 0 Å². The molecule has 0 spiro atoms. The molecular formula is C13H22O. The van der Waals surface area contributed by atoms with Gasteiger partial charge in [0.15, 0.2) is 0 Å². The van der Waals surface area contributed by atoms with Gasteiger partial charge >= 0.3 is 0 Å². The average molecular weight is 194 g/mol. The summed E-state index contributed by atoms with van der Waals surface area (Å²) in [4.78, 5) is 0. The second-order valence-electron chi connectivity index (χ2n) is 2.66.